The van der Waals surface area contributed by atoms with E-state index >= 15 is 0 Å². The van der Waals surface area contributed by atoms with Gasteiger partial charge in [0.15, 0.2) is 0 Å². The predicted octanol–water partition coefficient (Wildman–Crippen LogP) is 3.86. The highest BCUT2D eigenvalue weighted by molar-refractivity contribution is 6.30. The summed E-state index contributed by atoms with van der Waals surface area (Å²) in [5.41, 5.74) is 8.79. The molecule has 0 aromatic heterocycles. The van der Waals surface area contributed by atoms with Crippen LogP contribution in [0, 0.1) is 5.41 Å². The monoisotopic (exact) mass is 280 g/mol. The Hall–Kier alpha value is -0.730. The molecule has 0 unspecified atom stereocenters. The number of benzene rings is 1. The average molecular weight is 281 g/mol. The minimum atomic E-state index is 0.460. The molecule has 0 atom stereocenters. The van der Waals surface area contributed by atoms with Crippen LogP contribution in [0.1, 0.15) is 38.7 Å². The number of hydrogen-bond donors (Lipinski definition) is 1. The van der Waals surface area contributed by atoms with Gasteiger partial charge in [0, 0.05) is 23.8 Å². The van der Waals surface area contributed by atoms with Crippen molar-refractivity contribution in [3.63, 3.8) is 0 Å². The molecule has 1 aromatic rings. The molecule has 1 fully saturated rings. The van der Waals surface area contributed by atoms with Crippen LogP contribution in [-0.4, -0.2) is 19.6 Å². The smallest absolute Gasteiger partial charge is 0.0426 e. The van der Waals surface area contributed by atoms with Gasteiger partial charge in [0.2, 0.25) is 0 Å². The lowest BCUT2D eigenvalue weighted by molar-refractivity contribution is 0.325. The lowest BCUT2D eigenvalue weighted by Gasteiger charge is -2.27. The van der Waals surface area contributed by atoms with Crippen LogP contribution in [0.4, 0.5) is 5.69 Å². The topological polar surface area (TPSA) is 29.3 Å². The van der Waals surface area contributed by atoms with Gasteiger partial charge in [0.25, 0.3) is 0 Å². The highest BCUT2D eigenvalue weighted by Gasteiger charge is 2.24. The van der Waals surface area contributed by atoms with Gasteiger partial charge < -0.3 is 10.6 Å². The second-order valence-corrected chi connectivity index (χ2v) is 6.75. The molecule has 0 saturated carbocycles. The summed E-state index contributed by atoms with van der Waals surface area (Å²) in [6, 6.07) is 6.20. The van der Waals surface area contributed by atoms with Crippen LogP contribution in [0.15, 0.2) is 18.2 Å². The largest absolute Gasteiger partial charge is 0.371 e. The van der Waals surface area contributed by atoms with Crippen LogP contribution in [0.3, 0.4) is 0 Å². The lowest BCUT2D eigenvalue weighted by atomic mass is 9.85. The van der Waals surface area contributed by atoms with E-state index in [1.54, 1.807) is 0 Å². The van der Waals surface area contributed by atoms with Gasteiger partial charge in [-0.25, -0.2) is 0 Å². The van der Waals surface area contributed by atoms with Gasteiger partial charge in [-0.3, -0.25) is 0 Å². The summed E-state index contributed by atoms with van der Waals surface area (Å²) < 4.78 is 0. The van der Waals surface area contributed by atoms with Gasteiger partial charge in [-0.15, -0.1) is 0 Å². The molecule has 3 heteroatoms. The van der Waals surface area contributed by atoms with E-state index in [9.17, 15) is 0 Å². The van der Waals surface area contributed by atoms with Gasteiger partial charge in [-0.05, 0) is 55.3 Å². The summed E-state index contributed by atoms with van der Waals surface area (Å²) in [5.74, 6) is 0. The molecule has 0 bridgehead atoms. The van der Waals surface area contributed by atoms with Crippen LogP contribution in [0.5, 0.6) is 0 Å². The van der Waals surface area contributed by atoms with Crippen molar-refractivity contribution < 1.29 is 0 Å². The average Bonchev–Trinajstić information content (AvgIpc) is 2.53. The second-order valence-electron chi connectivity index (χ2n) is 6.32. The summed E-state index contributed by atoms with van der Waals surface area (Å²) in [7, 11) is 0. The normalized spacial score (nSPS) is 19.3. The molecule has 1 saturated heterocycles. The van der Waals surface area contributed by atoms with Gasteiger partial charge in [-0.1, -0.05) is 31.5 Å². The van der Waals surface area contributed by atoms with Crippen molar-refractivity contribution >= 4 is 17.3 Å². The number of nitrogens with two attached hydrogens (primary N) is 1. The molecule has 1 aliphatic heterocycles. The van der Waals surface area contributed by atoms with Gasteiger partial charge >= 0.3 is 0 Å². The Labute approximate surface area is 121 Å². The van der Waals surface area contributed by atoms with E-state index in [1.165, 1.54) is 30.5 Å². The highest BCUT2D eigenvalue weighted by Crippen LogP contribution is 2.33. The first-order chi connectivity index (χ1) is 9.02. The molecule has 0 spiro atoms. The Kier molecular flexibility index (Phi) is 4.75. The van der Waals surface area contributed by atoms with Gasteiger partial charge in [0.1, 0.15) is 0 Å². The maximum Gasteiger partial charge on any atom is 0.0426 e. The van der Waals surface area contributed by atoms with E-state index in [0.29, 0.717) is 12.0 Å². The Morgan fingerprint density at radius 2 is 2.05 bits per heavy atom. The first kappa shape index (κ1) is 14.7. The zero-order valence-electron chi connectivity index (χ0n) is 12.1. The van der Waals surface area contributed by atoms with Crippen molar-refractivity contribution in [2.75, 3.05) is 24.5 Å². The number of nitrogens with zero attached hydrogens (tertiary/aromatic N) is 1. The Morgan fingerprint density at radius 1 is 1.26 bits per heavy atom. The summed E-state index contributed by atoms with van der Waals surface area (Å²) in [6.45, 7) is 7.67. The third-order valence-electron chi connectivity index (χ3n) is 4.14. The minimum absolute atomic E-state index is 0.460. The second kappa shape index (κ2) is 6.15. The maximum atomic E-state index is 6.18. The molecule has 106 valence electrons. The van der Waals surface area contributed by atoms with E-state index in [-0.39, 0.29) is 0 Å². The van der Waals surface area contributed by atoms with E-state index < -0.39 is 0 Å². The van der Waals surface area contributed by atoms with E-state index in [1.807, 2.05) is 6.07 Å². The summed E-state index contributed by atoms with van der Waals surface area (Å²) in [4.78, 5) is 2.49. The zero-order chi connectivity index (χ0) is 13.9. The first-order valence-corrected chi connectivity index (χ1v) is 7.63. The Bertz CT molecular complexity index is 429. The SMILES string of the molecule is CC1(C)CCCN(c2cc(Cl)ccc2CCN)CC1. The fourth-order valence-electron chi connectivity index (χ4n) is 2.86. The maximum absolute atomic E-state index is 6.18. The molecule has 0 aliphatic carbocycles. The molecule has 19 heavy (non-hydrogen) atoms. The van der Waals surface area contributed by atoms with Crippen molar-refractivity contribution in [1.82, 2.24) is 0 Å². The molecule has 0 radical (unpaired) electrons. The van der Waals surface area contributed by atoms with Crippen LogP contribution >= 0.6 is 11.6 Å². The molecule has 0 amide bonds. The zero-order valence-corrected chi connectivity index (χ0v) is 12.8. The van der Waals surface area contributed by atoms with Crippen molar-refractivity contribution in [2.45, 2.75) is 39.5 Å². The van der Waals surface area contributed by atoms with Crippen molar-refractivity contribution in [1.29, 1.82) is 0 Å². The van der Waals surface area contributed by atoms with E-state index in [0.717, 1.165) is 24.5 Å². The fourth-order valence-corrected chi connectivity index (χ4v) is 3.03. The van der Waals surface area contributed by atoms with Crippen molar-refractivity contribution in [3.05, 3.63) is 28.8 Å². The molecule has 2 N–H and O–H groups in total. The number of halogens is 1. The summed E-state index contributed by atoms with van der Waals surface area (Å²) >= 11 is 6.18. The van der Waals surface area contributed by atoms with E-state index in [2.05, 4.69) is 30.9 Å². The molecule has 2 rings (SSSR count). The molecule has 2 nitrogen and oxygen atoms in total. The Balaban J connectivity index is 2.22. The van der Waals surface area contributed by atoms with Crippen molar-refractivity contribution in [2.24, 2.45) is 11.1 Å². The molecule has 1 aromatic carbocycles. The summed E-state index contributed by atoms with van der Waals surface area (Å²) in [5, 5.41) is 0.819. The first-order valence-electron chi connectivity index (χ1n) is 7.25. The van der Waals surface area contributed by atoms with Crippen LogP contribution in [-0.2, 0) is 6.42 Å². The van der Waals surface area contributed by atoms with Gasteiger partial charge in [0.05, 0.1) is 0 Å². The van der Waals surface area contributed by atoms with Crippen LogP contribution < -0.4 is 10.6 Å². The third-order valence-corrected chi connectivity index (χ3v) is 4.38. The number of hydrogen-bond acceptors (Lipinski definition) is 2. The molecule has 1 heterocycles. The van der Waals surface area contributed by atoms with Crippen LogP contribution in [0.25, 0.3) is 0 Å². The standard InChI is InChI=1S/C16H25ClN2/c1-16(2)7-3-10-19(11-8-16)15-12-14(17)5-4-13(15)6-9-18/h4-5,12H,3,6-11,18H2,1-2H3. The molecular formula is C16H25ClN2. The summed E-state index contributed by atoms with van der Waals surface area (Å²) in [6.07, 6.45) is 4.71. The predicted molar refractivity (Wildman–Crippen MR) is 84.1 cm³/mol. The molecule has 1 aliphatic rings. The minimum Gasteiger partial charge on any atom is -0.371 e. The highest BCUT2D eigenvalue weighted by atomic mass is 35.5. The Morgan fingerprint density at radius 3 is 2.79 bits per heavy atom. The quantitative estimate of drug-likeness (QED) is 0.911. The number of rotatable bonds is 3. The van der Waals surface area contributed by atoms with Crippen LogP contribution in [0.2, 0.25) is 5.02 Å². The molecular weight excluding hydrogens is 256 g/mol. The van der Waals surface area contributed by atoms with Crippen molar-refractivity contribution in [3.8, 4) is 0 Å². The lowest BCUT2D eigenvalue weighted by Crippen LogP contribution is -2.26. The van der Waals surface area contributed by atoms with E-state index in [4.69, 9.17) is 17.3 Å². The van der Waals surface area contributed by atoms with Gasteiger partial charge in [-0.2, -0.15) is 0 Å². The third kappa shape index (κ3) is 3.87. The fraction of sp³-hybridized carbons (Fsp3) is 0.625. The number of anilines is 1.